The van der Waals surface area contributed by atoms with Crippen molar-refractivity contribution in [3.8, 4) is 17.2 Å². The van der Waals surface area contributed by atoms with Gasteiger partial charge in [-0.15, -0.1) is 15.3 Å². The smallest absolute Gasteiger partial charge is 0.294 e. The number of rotatable bonds is 5. The van der Waals surface area contributed by atoms with Gasteiger partial charge in [-0.1, -0.05) is 11.6 Å². The topological polar surface area (TPSA) is 164 Å². The third kappa shape index (κ3) is 5.08. The minimum absolute atomic E-state index is 0.0593. The zero-order valence-corrected chi connectivity index (χ0v) is 16.4. The molecule has 0 fully saturated rings. The van der Waals surface area contributed by atoms with Gasteiger partial charge in [0.1, 0.15) is 34.3 Å². The third-order valence-corrected chi connectivity index (χ3v) is 4.79. The maximum absolute atomic E-state index is 11.0. The van der Waals surface area contributed by atoms with E-state index in [1.807, 2.05) is 0 Å². The highest BCUT2D eigenvalue weighted by molar-refractivity contribution is 7.85. The monoisotopic (exact) mass is 448 g/mol. The normalized spacial score (nSPS) is 12.1. The Morgan fingerprint density at radius 3 is 1.77 bits per heavy atom. The Balaban J connectivity index is 1.88. The van der Waals surface area contributed by atoms with Crippen LogP contribution < -0.4 is 0 Å². The first-order valence-corrected chi connectivity index (χ1v) is 9.91. The summed E-state index contributed by atoms with van der Waals surface area (Å²) in [5.41, 5.74) is 0.178. The lowest BCUT2D eigenvalue weighted by molar-refractivity contribution is 0.452. The first-order chi connectivity index (χ1) is 14.1. The minimum Gasteiger partial charge on any atom is -0.506 e. The van der Waals surface area contributed by atoms with Crippen molar-refractivity contribution in [3.63, 3.8) is 0 Å². The fourth-order valence-electron chi connectivity index (χ4n) is 2.20. The molecule has 0 amide bonds. The van der Waals surface area contributed by atoms with E-state index in [2.05, 4.69) is 20.5 Å². The second kappa shape index (κ2) is 8.45. The highest BCUT2D eigenvalue weighted by Gasteiger charge is 2.10. The summed E-state index contributed by atoms with van der Waals surface area (Å²) in [6.45, 7) is 0. The van der Waals surface area contributed by atoms with Crippen molar-refractivity contribution in [2.24, 2.45) is 20.5 Å². The highest BCUT2D eigenvalue weighted by Crippen LogP contribution is 2.40. The van der Waals surface area contributed by atoms with E-state index in [1.165, 1.54) is 36.4 Å². The van der Waals surface area contributed by atoms with Crippen molar-refractivity contribution >= 4 is 44.5 Å². The molecule has 0 aliphatic rings. The van der Waals surface area contributed by atoms with E-state index in [9.17, 15) is 23.7 Å². The van der Waals surface area contributed by atoms with Crippen LogP contribution in [0.25, 0.3) is 0 Å². The Morgan fingerprint density at radius 1 is 0.667 bits per heavy atom. The van der Waals surface area contributed by atoms with Gasteiger partial charge in [-0.05, 0) is 42.5 Å². The van der Waals surface area contributed by atoms with Crippen molar-refractivity contribution < 1.29 is 28.3 Å². The van der Waals surface area contributed by atoms with E-state index in [4.69, 9.17) is 16.2 Å². The van der Waals surface area contributed by atoms with Crippen LogP contribution in [0, 0.1) is 0 Å². The number of azo groups is 2. The Morgan fingerprint density at radius 2 is 1.20 bits per heavy atom. The summed E-state index contributed by atoms with van der Waals surface area (Å²) in [6, 6.07) is 11.2. The molecule has 0 bridgehead atoms. The molecule has 12 heteroatoms. The second-order valence-corrected chi connectivity index (χ2v) is 7.69. The van der Waals surface area contributed by atoms with E-state index in [1.54, 1.807) is 0 Å². The lowest BCUT2D eigenvalue weighted by atomic mass is 10.2. The van der Waals surface area contributed by atoms with Crippen LogP contribution in [0.4, 0.5) is 22.7 Å². The standard InChI is InChI=1S/C18H13ClN4O6S/c19-10-1-6-16(24)13(7-10)22-23-15-8-14(17(25)9-18(15)26)21-20-11-2-4-12(5-3-11)30(27,28)29/h1-9,24-26H,(H,27,28,29). The fraction of sp³-hybridized carbons (Fsp3) is 0. The molecule has 0 saturated heterocycles. The van der Waals surface area contributed by atoms with Crippen molar-refractivity contribution in [1.82, 2.24) is 0 Å². The molecule has 0 spiro atoms. The fourth-order valence-corrected chi connectivity index (χ4v) is 2.84. The molecule has 0 saturated carbocycles. The molecule has 0 aromatic heterocycles. The number of aromatic hydroxyl groups is 3. The molecular formula is C18H13ClN4O6S. The average Bonchev–Trinajstić information content (AvgIpc) is 2.68. The Hall–Kier alpha value is -3.54. The molecule has 10 nitrogen and oxygen atoms in total. The van der Waals surface area contributed by atoms with Gasteiger partial charge in [-0.3, -0.25) is 4.55 Å². The molecule has 3 aromatic rings. The average molecular weight is 449 g/mol. The van der Waals surface area contributed by atoms with Gasteiger partial charge >= 0.3 is 0 Å². The van der Waals surface area contributed by atoms with Crippen LogP contribution >= 0.6 is 11.6 Å². The molecule has 0 aliphatic carbocycles. The first-order valence-electron chi connectivity index (χ1n) is 8.09. The van der Waals surface area contributed by atoms with Crippen molar-refractivity contribution in [3.05, 3.63) is 59.6 Å². The number of halogens is 1. The number of benzene rings is 3. The Bertz CT molecular complexity index is 1260. The number of hydrogen-bond acceptors (Lipinski definition) is 9. The molecule has 154 valence electrons. The van der Waals surface area contributed by atoms with E-state index in [0.717, 1.165) is 18.2 Å². The second-order valence-electron chi connectivity index (χ2n) is 5.83. The molecule has 30 heavy (non-hydrogen) atoms. The first kappa shape index (κ1) is 21.2. The maximum atomic E-state index is 11.0. The highest BCUT2D eigenvalue weighted by atomic mass is 35.5. The summed E-state index contributed by atoms with van der Waals surface area (Å²) in [5.74, 6) is -0.959. The largest absolute Gasteiger partial charge is 0.506 e. The van der Waals surface area contributed by atoms with E-state index in [0.29, 0.717) is 5.02 Å². The summed E-state index contributed by atoms with van der Waals surface area (Å²) < 4.78 is 31.1. The number of hydrogen-bond donors (Lipinski definition) is 4. The summed E-state index contributed by atoms with van der Waals surface area (Å²) >= 11 is 5.84. The van der Waals surface area contributed by atoms with Gasteiger partial charge in [-0.25, -0.2) is 0 Å². The van der Waals surface area contributed by atoms with Crippen molar-refractivity contribution in [2.75, 3.05) is 0 Å². The lowest BCUT2D eigenvalue weighted by Gasteiger charge is -2.03. The van der Waals surface area contributed by atoms with Gasteiger partial charge in [0.25, 0.3) is 10.1 Å². The molecule has 3 rings (SSSR count). The van der Waals surface area contributed by atoms with E-state index < -0.39 is 21.6 Å². The number of nitrogens with zero attached hydrogens (tertiary/aromatic N) is 4. The van der Waals surface area contributed by atoms with Crippen LogP contribution in [-0.4, -0.2) is 28.3 Å². The van der Waals surface area contributed by atoms with Gasteiger partial charge in [0.2, 0.25) is 0 Å². The Kier molecular flexibility index (Phi) is 5.96. The molecule has 4 N–H and O–H groups in total. The quantitative estimate of drug-likeness (QED) is 0.295. The van der Waals surface area contributed by atoms with Crippen LogP contribution in [0.2, 0.25) is 5.02 Å². The van der Waals surface area contributed by atoms with Crippen LogP contribution in [0.3, 0.4) is 0 Å². The molecule has 0 radical (unpaired) electrons. The predicted molar refractivity (Wildman–Crippen MR) is 107 cm³/mol. The van der Waals surface area contributed by atoms with Gasteiger partial charge in [0.15, 0.2) is 0 Å². The van der Waals surface area contributed by atoms with E-state index >= 15 is 0 Å². The summed E-state index contributed by atoms with van der Waals surface area (Å²) in [4.78, 5) is -0.305. The number of phenols is 3. The summed E-state index contributed by atoms with van der Waals surface area (Å²) in [7, 11) is -4.33. The van der Waals surface area contributed by atoms with Crippen molar-refractivity contribution in [2.45, 2.75) is 4.90 Å². The van der Waals surface area contributed by atoms with E-state index in [-0.39, 0.29) is 33.4 Å². The van der Waals surface area contributed by atoms with Gasteiger partial charge in [0, 0.05) is 17.2 Å². The predicted octanol–water partition coefficient (Wildman–Crippen LogP) is 5.53. The number of phenolic OH excluding ortho intramolecular Hbond substituents is 3. The van der Waals surface area contributed by atoms with Crippen LogP contribution in [0.5, 0.6) is 17.2 Å². The zero-order valence-electron chi connectivity index (χ0n) is 14.9. The van der Waals surface area contributed by atoms with Crippen molar-refractivity contribution in [1.29, 1.82) is 0 Å². The minimum atomic E-state index is -4.33. The zero-order chi connectivity index (χ0) is 21.9. The molecule has 0 heterocycles. The SMILES string of the molecule is O=S(=O)(O)c1ccc(N=Nc2cc(N=Nc3cc(Cl)ccc3O)c(O)cc2O)cc1. The van der Waals surface area contributed by atoms with Crippen LogP contribution in [0.1, 0.15) is 0 Å². The molecular weight excluding hydrogens is 436 g/mol. The Labute approximate surface area is 175 Å². The molecule has 0 atom stereocenters. The maximum Gasteiger partial charge on any atom is 0.294 e. The summed E-state index contributed by atoms with van der Waals surface area (Å²) in [6.07, 6.45) is 0. The van der Waals surface area contributed by atoms with Gasteiger partial charge in [0.05, 0.1) is 10.6 Å². The van der Waals surface area contributed by atoms with Crippen LogP contribution in [-0.2, 0) is 10.1 Å². The molecule has 0 unspecified atom stereocenters. The lowest BCUT2D eigenvalue weighted by Crippen LogP contribution is -1.96. The van der Waals surface area contributed by atoms with Gasteiger partial charge in [-0.2, -0.15) is 13.5 Å². The summed E-state index contributed by atoms with van der Waals surface area (Å²) in [5, 5.41) is 45.3. The third-order valence-electron chi connectivity index (χ3n) is 3.68. The van der Waals surface area contributed by atoms with Gasteiger partial charge < -0.3 is 15.3 Å². The van der Waals surface area contributed by atoms with Crippen LogP contribution in [0.15, 0.2) is 79.9 Å². The molecule has 0 aliphatic heterocycles. The molecule has 3 aromatic carbocycles.